The molecule has 0 aromatic carbocycles. The van der Waals surface area contributed by atoms with Crippen molar-refractivity contribution in [3.8, 4) is 0 Å². The van der Waals surface area contributed by atoms with Crippen molar-refractivity contribution in [1.82, 2.24) is 10.2 Å². The monoisotopic (exact) mass is 252 g/mol. The number of halogens is 3. The van der Waals surface area contributed by atoms with Crippen molar-refractivity contribution < 1.29 is 18.0 Å². The van der Waals surface area contributed by atoms with Crippen molar-refractivity contribution in [3.05, 3.63) is 0 Å². The van der Waals surface area contributed by atoms with Gasteiger partial charge in [-0.25, -0.2) is 0 Å². The van der Waals surface area contributed by atoms with Gasteiger partial charge in [-0.1, -0.05) is 13.8 Å². The Bertz CT molecular complexity index is 264. The molecule has 0 heterocycles. The van der Waals surface area contributed by atoms with Crippen LogP contribution in [0.2, 0.25) is 0 Å². The molecule has 100 valence electrons. The highest BCUT2D eigenvalue weighted by Gasteiger charge is 2.41. The van der Waals surface area contributed by atoms with Crippen molar-refractivity contribution in [2.75, 3.05) is 19.6 Å². The third kappa shape index (κ3) is 4.93. The van der Waals surface area contributed by atoms with Crippen molar-refractivity contribution in [2.24, 2.45) is 5.92 Å². The zero-order valence-electron chi connectivity index (χ0n) is 10.2. The molecule has 0 aromatic heterocycles. The minimum atomic E-state index is -4.31. The summed E-state index contributed by atoms with van der Waals surface area (Å²) >= 11 is 0. The molecule has 1 N–H and O–H groups in total. The molecule has 0 spiro atoms. The van der Waals surface area contributed by atoms with E-state index in [4.69, 9.17) is 0 Å². The number of amides is 1. The van der Waals surface area contributed by atoms with Gasteiger partial charge in [-0.3, -0.25) is 4.79 Å². The fourth-order valence-electron chi connectivity index (χ4n) is 1.70. The van der Waals surface area contributed by atoms with Gasteiger partial charge in [0.2, 0.25) is 5.91 Å². The van der Waals surface area contributed by atoms with E-state index in [1.54, 1.807) is 6.92 Å². The fraction of sp³-hybridized carbons (Fsp3) is 0.909. The Morgan fingerprint density at radius 1 is 1.47 bits per heavy atom. The maximum atomic E-state index is 12.4. The molecule has 0 saturated heterocycles. The summed E-state index contributed by atoms with van der Waals surface area (Å²) in [6.45, 7) is 3.58. The molecule has 6 heteroatoms. The second-order valence-corrected chi connectivity index (χ2v) is 4.52. The zero-order chi connectivity index (χ0) is 13.1. The zero-order valence-corrected chi connectivity index (χ0v) is 10.2. The Labute approximate surface area is 99.4 Å². The molecule has 1 aliphatic carbocycles. The third-order valence-corrected chi connectivity index (χ3v) is 2.74. The van der Waals surface area contributed by atoms with Gasteiger partial charge in [0.25, 0.3) is 0 Å². The van der Waals surface area contributed by atoms with Gasteiger partial charge in [0.1, 0.15) is 6.54 Å². The standard InChI is InChI=1S/C11H19F3N2O/c1-3-15-6-8(2)10(17)16(9-4-5-9)7-11(12,13)14/h8-9,15H,3-7H2,1-2H3. The molecule has 1 fully saturated rings. The van der Waals surface area contributed by atoms with E-state index in [9.17, 15) is 18.0 Å². The largest absolute Gasteiger partial charge is 0.406 e. The number of rotatable bonds is 6. The van der Waals surface area contributed by atoms with E-state index >= 15 is 0 Å². The molecule has 0 aromatic rings. The van der Waals surface area contributed by atoms with Crippen molar-refractivity contribution in [3.63, 3.8) is 0 Å². The molecular formula is C11H19F3N2O. The molecule has 1 saturated carbocycles. The molecule has 1 amide bonds. The van der Waals surface area contributed by atoms with E-state index in [-0.39, 0.29) is 6.04 Å². The normalized spacial score (nSPS) is 17.9. The number of carbonyl (C=O) groups excluding carboxylic acids is 1. The molecule has 0 radical (unpaired) electrons. The molecule has 1 unspecified atom stereocenters. The predicted octanol–water partition coefficient (Wildman–Crippen LogP) is 1.79. The average molecular weight is 252 g/mol. The third-order valence-electron chi connectivity index (χ3n) is 2.74. The number of hydrogen-bond donors (Lipinski definition) is 1. The highest BCUT2D eigenvalue weighted by atomic mass is 19.4. The SMILES string of the molecule is CCNCC(C)C(=O)N(CC(F)(F)F)C1CC1. The van der Waals surface area contributed by atoms with Crippen LogP contribution in [-0.4, -0.2) is 42.7 Å². The maximum Gasteiger partial charge on any atom is 0.406 e. The smallest absolute Gasteiger partial charge is 0.330 e. The lowest BCUT2D eigenvalue weighted by Gasteiger charge is -2.26. The summed E-state index contributed by atoms with van der Waals surface area (Å²) in [5.41, 5.74) is 0. The van der Waals surface area contributed by atoms with Gasteiger partial charge in [-0.15, -0.1) is 0 Å². The Hall–Kier alpha value is -0.780. The van der Waals surface area contributed by atoms with E-state index in [1.165, 1.54) is 0 Å². The van der Waals surface area contributed by atoms with Crippen LogP contribution in [0.1, 0.15) is 26.7 Å². The molecule has 1 atom stereocenters. The first kappa shape index (κ1) is 14.3. The first-order valence-corrected chi connectivity index (χ1v) is 5.93. The number of hydrogen-bond acceptors (Lipinski definition) is 2. The minimum absolute atomic E-state index is 0.201. The van der Waals surface area contributed by atoms with Crippen LogP contribution >= 0.6 is 0 Å². The van der Waals surface area contributed by atoms with Crippen LogP contribution < -0.4 is 5.32 Å². The van der Waals surface area contributed by atoms with Crippen LogP contribution in [0, 0.1) is 5.92 Å². The topological polar surface area (TPSA) is 32.3 Å². The Morgan fingerprint density at radius 3 is 2.47 bits per heavy atom. The molecule has 1 rings (SSSR count). The summed E-state index contributed by atoms with van der Waals surface area (Å²) in [4.78, 5) is 12.9. The first-order valence-electron chi connectivity index (χ1n) is 5.93. The first-order chi connectivity index (χ1) is 7.85. The summed E-state index contributed by atoms with van der Waals surface area (Å²) < 4.78 is 37.1. The van der Waals surface area contributed by atoms with Crippen LogP contribution in [0.25, 0.3) is 0 Å². The quantitative estimate of drug-likeness (QED) is 0.781. The lowest BCUT2D eigenvalue weighted by Crippen LogP contribution is -2.45. The van der Waals surface area contributed by atoms with Gasteiger partial charge in [0, 0.05) is 18.5 Å². The molecule has 3 nitrogen and oxygen atoms in total. The van der Waals surface area contributed by atoms with Gasteiger partial charge in [0.15, 0.2) is 0 Å². The van der Waals surface area contributed by atoms with Crippen LogP contribution in [0.15, 0.2) is 0 Å². The van der Waals surface area contributed by atoms with E-state index in [0.717, 1.165) is 4.90 Å². The van der Waals surface area contributed by atoms with Crippen LogP contribution in [0.4, 0.5) is 13.2 Å². The average Bonchev–Trinajstić information content (AvgIpc) is 3.04. The summed E-state index contributed by atoms with van der Waals surface area (Å²) in [5.74, 6) is -0.802. The Kier molecular flexibility index (Phi) is 4.80. The minimum Gasteiger partial charge on any atom is -0.330 e. The van der Waals surface area contributed by atoms with Gasteiger partial charge >= 0.3 is 6.18 Å². The van der Waals surface area contributed by atoms with Gasteiger partial charge in [-0.2, -0.15) is 13.2 Å². The van der Waals surface area contributed by atoms with E-state index in [1.807, 2.05) is 6.92 Å². The molecule has 1 aliphatic rings. The van der Waals surface area contributed by atoms with E-state index < -0.39 is 24.5 Å². The van der Waals surface area contributed by atoms with Gasteiger partial charge < -0.3 is 10.2 Å². The van der Waals surface area contributed by atoms with Crippen LogP contribution in [0.3, 0.4) is 0 Å². The van der Waals surface area contributed by atoms with Crippen LogP contribution in [0.5, 0.6) is 0 Å². The fourth-order valence-corrected chi connectivity index (χ4v) is 1.70. The summed E-state index contributed by atoms with van der Waals surface area (Å²) in [6.07, 6.45) is -2.93. The lowest BCUT2D eigenvalue weighted by atomic mass is 10.1. The highest BCUT2D eigenvalue weighted by molar-refractivity contribution is 5.79. The predicted molar refractivity (Wildman–Crippen MR) is 58.5 cm³/mol. The van der Waals surface area contributed by atoms with Crippen molar-refractivity contribution in [2.45, 2.75) is 38.9 Å². The summed E-state index contributed by atoms with van der Waals surface area (Å²) in [6, 6.07) is -0.201. The van der Waals surface area contributed by atoms with E-state index in [2.05, 4.69) is 5.32 Å². The van der Waals surface area contributed by atoms with Gasteiger partial charge in [0.05, 0.1) is 0 Å². The number of nitrogens with one attached hydrogen (secondary N) is 1. The molecule has 0 aliphatic heterocycles. The lowest BCUT2D eigenvalue weighted by molar-refractivity contribution is -0.164. The second-order valence-electron chi connectivity index (χ2n) is 4.52. The van der Waals surface area contributed by atoms with Crippen LogP contribution in [-0.2, 0) is 4.79 Å². The number of alkyl halides is 3. The van der Waals surface area contributed by atoms with Crippen molar-refractivity contribution in [1.29, 1.82) is 0 Å². The Balaban J connectivity index is 2.54. The maximum absolute atomic E-state index is 12.4. The second kappa shape index (κ2) is 5.71. The number of carbonyl (C=O) groups is 1. The van der Waals surface area contributed by atoms with Crippen molar-refractivity contribution >= 4 is 5.91 Å². The Morgan fingerprint density at radius 2 is 2.06 bits per heavy atom. The molecule has 17 heavy (non-hydrogen) atoms. The highest BCUT2D eigenvalue weighted by Crippen LogP contribution is 2.31. The molecular weight excluding hydrogens is 233 g/mol. The van der Waals surface area contributed by atoms with Gasteiger partial charge in [-0.05, 0) is 19.4 Å². The molecule has 0 bridgehead atoms. The summed E-state index contributed by atoms with van der Waals surface area (Å²) in [5, 5.41) is 2.98. The number of nitrogens with zero attached hydrogens (tertiary/aromatic N) is 1. The van der Waals surface area contributed by atoms with E-state index in [0.29, 0.717) is 25.9 Å². The summed E-state index contributed by atoms with van der Waals surface area (Å²) in [7, 11) is 0.